The zero-order valence-corrected chi connectivity index (χ0v) is 15.4. The van der Waals surface area contributed by atoms with Crippen LogP contribution in [0.3, 0.4) is 0 Å². The Bertz CT molecular complexity index is 959. The number of nitrogens with zero attached hydrogens (tertiary/aromatic N) is 3. The number of anilines is 1. The van der Waals surface area contributed by atoms with Crippen LogP contribution in [0.4, 0.5) is 10.2 Å². The average molecular weight is 368 g/mol. The van der Waals surface area contributed by atoms with Crippen LogP contribution >= 0.6 is 0 Å². The highest BCUT2D eigenvalue weighted by Crippen LogP contribution is 2.32. The molecular formula is C20H21FN4O2. The molecule has 2 N–H and O–H groups in total. The highest BCUT2D eigenvalue weighted by molar-refractivity contribution is 5.81. The number of ether oxygens (including phenoxy) is 1. The SMILES string of the molecule is CC(C)(C)OC(=O)Cn1cnc(-c2ccc(F)cc2)c1-c1ccnc(N)c1. The molecule has 0 bridgehead atoms. The first-order chi connectivity index (χ1) is 12.7. The molecule has 27 heavy (non-hydrogen) atoms. The minimum absolute atomic E-state index is 0.0109. The molecule has 0 atom stereocenters. The first kappa shape index (κ1) is 18.6. The molecule has 0 saturated heterocycles. The van der Waals surface area contributed by atoms with Crippen molar-refractivity contribution >= 4 is 11.8 Å². The van der Waals surface area contributed by atoms with E-state index in [4.69, 9.17) is 10.5 Å². The summed E-state index contributed by atoms with van der Waals surface area (Å²) >= 11 is 0. The van der Waals surface area contributed by atoms with Gasteiger partial charge in [0.2, 0.25) is 0 Å². The molecule has 1 aromatic carbocycles. The van der Waals surface area contributed by atoms with Crippen LogP contribution in [-0.4, -0.2) is 26.1 Å². The average Bonchev–Trinajstić information content (AvgIpc) is 2.97. The molecule has 6 nitrogen and oxygen atoms in total. The number of hydrogen-bond donors (Lipinski definition) is 1. The molecule has 140 valence electrons. The van der Waals surface area contributed by atoms with Gasteiger partial charge in [0, 0.05) is 17.3 Å². The zero-order chi connectivity index (χ0) is 19.6. The van der Waals surface area contributed by atoms with Crippen LogP contribution < -0.4 is 5.73 Å². The third-order valence-corrected chi connectivity index (χ3v) is 3.73. The van der Waals surface area contributed by atoms with Gasteiger partial charge in [-0.15, -0.1) is 0 Å². The maximum atomic E-state index is 13.3. The molecule has 0 aliphatic carbocycles. The van der Waals surface area contributed by atoms with Gasteiger partial charge in [-0.2, -0.15) is 0 Å². The first-order valence-corrected chi connectivity index (χ1v) is 8.48. The smallest absolute Gasteiger partial charge is 0.326 e. The summed E-state index contributed by atoms with van der Waals surface area (Å²) in [7, 11) is 0. The van der Waals surface area contributed by atoms with Crippen molar-refractivity contribution in [1.82, 2.24) is 14.5 Å². The largest absolute Gasteiger partial charge is 0.459 e. The molecule has 3 rings (SSSR count). The van der Waals surface area contributed by atoms with Gasteiger partial charge >= 0.3 is 5.97 Å². The van der Waals surface area contributed by atoms with Crippen LogP contribution in [0, 0.1) is 5.82 Å². The molecule has 0 radical (unpaired) electrons. The van der Waals surface area contributed by atoms with Gasteiger partial charge in [0.1, 0.15) is 23.8 Å². The number of imidazole rings is 1. The van der Waals surface area contributed by atoms with Crippen molar-refractivity contribution in [3.8, 4) is 22.5 Å². The molecule has 2 heterocycles. The zero-order valence-electron chi connectivity index (χ0n) is 15.4. The van der Waals surface area contributed by atoms with E-state index in [9.17, 15) is 9.18 Å². The third-order valence-electron chi connectivity index (χ3n) is 3.73. The highest BCUT2D eigenvalue weighted by Gasteiger charge is 2.21. The minimum atomic E-state index is -0.585. The van der Waals surface area contributed by atoms with Crippen molar-refractivity contribution in [3.63, 3.8) is 0 Å². The number of pyridine rings is 1. The van der Waals surface area contributed by atoms with Crippen LogP contribution in [-0.2, 0) is 16.1 Å². The Kier molecular flexibility index (Phi) is 4.94. The number of nitrogen functional groups attached to an aromatic ring is 1. The van der Waals surface area contributed by atoms with Gasteiger partial charge in [-0.05, 0) is 57.2 Å². The van der Waals surface area contributed by atoms with Gasteiger partial charge in [0.25, 0.3) is 0 Å². The van der Waals surface area contributed by atoms with Crippen molar-refractivity contribution in [2.24, 2.45) is 0 Å². The van der Waals surface area contributed by atoms with Crippen LogP contribution in [0.1, 0.15) is 20.8 Å². The summed E-state index contributed by atoms with van der Waals surface area (Å²) in [6.45, 7) is 5.43. The van der Waals surface area contributed by atoms with Gasteiger partial charge in [0.05, 0.1) is 17.7 Å². The van der Waals surface area contributed by atoms with E-state index in [0.29, 0.717) is 17.2 Å². The van der Waals surface area contributed by atoms with Crippen molar-refractivity contribution in [3.05, 3.63) is 54.7 Å². The molecule has 0 spiro atoms. The third kappa shape index (κ3) is 4.49. The Morgan fingerprint density at radius 1 is 1.15 bits per heavy atom. The second kappa shape index (κ2) is 7.19. The summed E-state index contributed by atoms with van der Waals surface area (Å²) in [5.74, 6) is -0.363. The van der Waals surface area contributed by atoms with E-state index in [1.807, 2.05) is 20.8 Å². The molecule has 7 heteroatoms. The van der Waals surface area contributed by atoms with E-state index in [0.717, 1.165) is 11.1 Å². The van der Waals surface area contributed by atoms with Gasteiger partial charge in [-0.1, -0.05) is 0 Å². The maximum Gasteiger partial charge on any atom is 0.326 e. The second-order valence-electron chi connectivity index (χ2n) is 7.13. The van der Waals surface area contributed by atoms with E-state index < -0.39 is 5.60 Å². The summed E-state index contributed by atoms with van der Waals surface area (Å²) in [6, 6.07) is 9.51. The van der Waals surface area contributed by atoms with Crippen LogP contribution in [0.2, 0.25) is 0 Å². The summed E-state index contributed by atoms with van der Waals surface area (Å²) in [5, 5.41) is 0. The molecule has 0 saturated carbocycles. The maximum absolute atomic E-state index is 13.3. The fourth-order valence-corrected chi connectivity index (χ4v) is 2.73. The van der Waals surface area contributed by atoms with Crippen molar-refractivity contribution in [2.45, 2.75) is 32.9 Å². The predicted octanol–water partition coefficient (Wildman–Crippen LogP) is 3.68. The Hall–Kier alpha value is -3.22. The topological polar surface area (TPSA) is 83.0 Å². The Morgan fingerprint density at radius 2 is 1.85 bits per heavy atom. The normalized spacial score (nSPS) is 11.4. The Morgan fingerprint density at radius 3 is 2.48 bits per heavy atom. The number of carbonyl (C=O) groups excluding carboxylic acids is 1. The van der Waals surface area contributed by atoms with E-state index >= 15 is 0 Å². The van der Waals surface area contributed by atoms with Gasteiger partial charge < -0.3 is 15.0 Å². The number of halogens is 1. The fourth-order valence-electron chi connectivity index (χ4n) is 2.73. The van der Waals surface area contributed by atoms with Crippen molar-refractivity contribution < 1.29 is 13.9 Å². The van der Waals surface area contributed by atoms with E-state index in [1.54, 1.807) is 41.4 Å². The molecule has 0 unspecified atom stereocenters. The highest BCUT2D eigenvalue weighted by atomic mass is 19.1. The molecule has 0 aliphatic heterocycles. The Labute approximate surface area is 156 Å². The van der Waals surface area contributed by atoms with Gasteiger partial charge in [0.15, 0.2) is 0 Å². The number of carbonyl (C=O) groups is 1. The number of hydrogen-bond acceptors (Lipinski definition) is 5. The van der Waals surface area contributed by atoms with Crippen LogP contribution in [0.15, 0.2) is 48.9 Å². The van der Waals surface area contributed by atoms with Crippen molar-refractivity contribution in [1.29, 1.82) is 0 Å². The fraction of sp³-hybridized carbons (Fsp3) is 0.250. The van der Waals surface area contributed by atoms with Crippen LogP contribution in [0.5, 0.6) is 0 Å². The molecular weight excluding hydrogens is 347 g/mol. The minimum Gasteiger partial charge on any atom is -0.459 e. The molecule has 2 aromatic heterocycles. The van der Waals surface area contributed by atoms with Crippen molar-refractivity contribution in [2.75, 3.05) is 5.73 Å². The number of aromatic nitrogens is 3. The molecule has 3 aromatic rings. The summed E-state index contributed by atoms with van der Waals surface area (Å²) < 4.78 is 20.4. The second-order valence-corrected chi connectivity index (χ2v) is 7.13. The number of benzene rings is 1. The summed E-state index contributed by atoms with van der Waals surface area (Å²) in [4.78, 5) is 20.8. The number of nitrogens with two attached hydrogens (primary N) is 1. The van der Waals surface area contributed by atoms with Crippen LogP contribution in [0.25, 0.3) is 22.5 Å². The number of esters is 1. The lowest BCUT2D eigenvalue weighted by molar-refractivity contribution is -0.155. The molecule has 0 aliphatic rings. The van der Waals surface area contributed by atoms with E-state index in [-0.39, 0.29) is 18.3 Å². The quantitative estimate of drug-likeness (QED) is 0.711. The summed E-state index contributed by atoms with van der Waals surface area (Å²) in [5.41, 5.74) is 8.02. The predicted molar refractivity (Wildman–Crippen MR) is 101 cm³/mol. The van der Waals surface area contributed by atoms with Gasteiger partial charge in [-0.25, -0.2) is 14.4 Å². The molecule has 0 fully saturated rings. The lowest BCUT2D eigenvalue weighted by Crippen LogP contribution is -2.26. The van der Waals surface area contributed by atoms with E-state index in [2.05, 4.69) is 9.97 Å². The standard InChI is InChI=1S/C20H21FN4O2/c1-20(2,3)27-17(26)11-25-12-24-18(13-4-6-15(21)7-5-13)19(25)14-8-9-23-16(22)10-14/h4-10,12H,11H2,1-3H3,(H2,22,23). The lowest BCUT2D eigenvalue weighted by atomic mass is 10.1. The summed E-state index contributed by atoms with van der Waals surface area (Å²) in [6.07, 6.45) is 3.15. The number of rotatable bonds is 4. The first-order valence-electron chi connectivity index (χ1n) is 8.48. The van der Waals surface area contributed by atoms with E-state index in [1.165, 1.54) is 12.1 Å². The molecule has 0 amide bonds. The monoisotopic (exact) mass is 368 g/mol. The van der Waals surface area contributed by atoms with Gasteiger partial charge in [-0.3, -0.25) is 4.79 Å². The lowest BCUT2D eigenvalue weighted by Gasteiger charge is -2.20. The Balaban J connectivity index is 2.06.